The van der Waals surface area contributed by atoms with Crippen LogP contribution in [0.1, 0.15) is 42.9 Å². The Labute approximate surface area is 126 Å². The highest BCUT2D eigenvalue weighted by molar-refractivity contribution is 7.89. The molecule has 0 aromatic carbocycles. The van der Waals surface area contributed by atoms with Crippen molar-refractivity contribution in [3.05, 3.63) is 15.8 Å². The summed E-state index contributed by atoms with van der Waals surface area (Å²) >= 11 is 1.55. The van der Waals surface area contributed by atoms with Crippen LogP contribution in [-0.2, 0) is 16.6 Å². The molecule has 0 atom stereocenters. The van der Waals surface area contributed by atoms with Crippen LogP contribution in [0.3, 0.4) is 0 Å². The normalized spacial score (nSPS) is 17.9. The van der Waals surface area contributed by atoms with E-state index in [-0.39, 0.29) is 5.41 Å². The second kappa shape index (κ2) is 6.13. The third-order valence-corrected chi connectivity index (χ3v) is 6.72. The van der Waals surface area contributed by atoms with Crippen LogP contribution in [0.5, 0.6) is 0 Å². The summed E-state index contributed by atoms with van der Waals surface area (Å²) in [6.45, 7) is 8.23. The zero-order chi connectivity index (χ0) is 14.8. The molecular formula is C14H24N2O2S2. The third kappa shape index (κ3) is 3.61. The molecule has 0 spiro atoms. The van der Waals surface area contributed by atoms with E-state index in [0.29, 0.717) is 11.4 Å². The van der Waals surface area contributed by atoms with Gasteiger partial charge in [0.15, 0.2) is 0 Å². The van der Waals surface area contributed by atoms with E-state index in [4.69, 9.17) is 0 Å². The van der Waals surface area contributed by atoms with E-state index < -0.39 is 10.0 Å². The topological polar surface area (TPSA) is 58.2 Å². The van der Waals surface area contributed by atoms with Gasteiger partial charge in [0, 0.05) is 22.8 Å². The maximum atomic E-state index is 12.4. The molecule has 1 aromatic heterocycles. The van der Waals surface area contributed by atoms with Crippen molar-refractivity contribution in [2.24, 2.45) is 5.41 Å². The zero-order valence-corrected chi connectivity index (χ0v) is 14.1. The van der Waals surface area contributed by atoms with Crippen molar-refractivity contribution in [1.82, 2.24) is 10.0 Å². The summed E-state index contributed by atoms with van der Waals surface area (Å²) in [6, 6.07) is 1.80. The Bertz CT molecular complexity index is 560. The van der Waals surface area contributed by atoms with Gasteiger partial charge in [-0.1, -0.05) is 20.3 Å². The van der Waals surface area contributed by atoms with E-state index in [2.05, 4.69) is 17.0 Å². The first-order valence-electron chi connectivity index (χ1n) is 7.16. The minimum Gasteiger partial charge on any atom is -0.312 e. The van der Waals surface area contributed by atoms with E-state index in [1.807, 2.05) is 13.8 Å². The van der Waals surface area contributed by atoms with Crippen LogP contribution in [0.15, 0.2) is 11.0 Å². The predicted octanol–water partition coefficient (Wildman–Crippen LogP) is 2.63. The Morgan fingerprint density at radius 3 is 2.65 bits per heavy atom. The number of sulfonamides is 1. The van der Waals surface area contributed by atoms with Crippen molar-refractivity contribution in [2.45, 2.75) is 51.5 Å². The lowest BCUT2D eigenvalue weighted by Gasteiger charge is -2.38. The molecule has 0 bridgehead atoms. The van der Waals surface area contributed by atoms with Gasteiger partial charge in [-0.25, -0.2) is 13.1 Å². The molecule has 1 fully saturated rings. The lowest BCUT2D eigenvalue weighted by atomic mass is 9.71. The molecule has 0 unspecified atom stereocenters. The van der Waals surface area contributed by atoms with Gasteiger partial charge in [-0.2, -0.15) is 0 Å². The van der Waals surface area contributed by atoms with Crippen molar-refractivity contribution in [3.8, 4) is 0 Å². The summed E-state index contributed by atoms with van der Waals surface area (Å²) in [4.78, 5) is 2.38. The first-order valence-corrected chi connectivity index (χ1v) is 9.46. The Morgan fingerprint density at radius 1 is 1.40 bits per heavy atom. The first-order chi connectivity index (χ1) is 9.36. The van der Waals surface area contributed by atoms with Crippen LogP contribution in [0.25, 0.3) is 0 Å². The minimum absolute atomic E-state index is 0.156. The van der Waals surface area contributed by atoms with Gasteiger partial charge < -0.3 is 5.32 Å². The molecule has 2 N–H and O–H groups in total. The van der Waals surface area contributed by atoms with Crippen LogP contribution >= 0.6 is 11.3 Å². The molecule has 1 heterocycles. The molecule has 0 saturated heterocycles. The summed E-state index contributed by atoms with van der Waals surface area (Å²) in [6.07, 6.45) is 3.44. The Balaban J connectivity index is 2.06. The molecule has 0 aliphatic heterocycles. The highest BCUT2D eigenvalue weighted by Gasteiger charge is 2.33. The van der Waals surface area contributed by atoms with Crippen molar-refractivity contribution in [3.63, 3.8) is 0 Å². The van der Waals surface area contributed by atoms with Gasteiger partial charge in [0.25, 0.3) is 0 Å². The molecule has 4 nitrogen and oxygen atoms in total. The van der Waals surface area contributed by atoms with E-state index >= 15 is 0 Å². The SMILES string of the molecule is CCNCc1cc(S(=O)(=O)NCC2(C)CCC2)c(C)s1. The Hall–Kier alpha value is -0.430. The van der Waals surface area contributed by atoms with Crippen LogP contribution < -0.4 is 10.0 Å². The van der Waals surface area contributed by atoms with Gasteiger partial charge in [0.1, 0.15) is 0 Å². The second-order valence-electron chi connectivity index (χ2n) is 5.90. The average Bonchev–Trinajstić information content (AvgIpc) is 2.74. The van der Waals surface area contributed by atoms with Gasteiger partial charge in [0.05, 0.1) is 4.90 Å². The van der Waals surface area contributed by atoms with Crippen LogP contribution in [0.2, 0.25) is 0 Å². The van der Waals surface area contributed by atoms with Gasteiger partial charge >= 0.3 is 0 Å². The quantitative estimate of drug-likeness (QED) is 0.813. The highest BCUT2D eigenvalue weighted by atomic mass is 32.2. The number of hydrogen-bond donors (Lipinski definition) is 2. The molecule has 1 saturated carbocycles. The minimum atomic E-state index is -3.37. The number of aryl methyl sites for hydroxylation is 1. The van der Waals surface area contributed by atoms with Crippen molar-refractivity contribution < 1.29 is 8.42 Å². The fourth-order valence-electron chi connectivity index (χ4n) is 2.43. The average molecular weight is 316 g/mol. The molecule has 1 aromatic rings. The maximum absolute atomic E-state index is 12.4. The van der Waals surface area contributed by atoms with Crippen molar-refractivity contribution in [1.29, 1.82) is 0 Å². The summed E-state index contributed by atoms with van der Waals surface area (Å²) in [5.74, 6) is 0. The van der Waals surface area contributed by atoms with E-state index in [1.165, 1.54) is 6.42 Å². The van der Waals surface area contributed by atoms with Gasteiger partial charge in [-0.15, -0.1) is 11.3 Å². The number of hydrogen-bond acceptors (Lipinski definition) is 4. The lowest BCUT2D eigenvalue weighted by Crippen LogP contribution is -2.39. The molecule has 0 amide bonds. The molecule has 0 radical (unpaired) electrons. The smallest absolute Gasteiger partial charge is 0.241 e. The number of rotatable bonds is 7. The molecule has 114 valence electrons. The summed E-state index contributed by atoms with van der Waals surface area (Å²) in [5.41, 5.74) is 0.156. The van der Waals surface area contributed by atoms with Gasteiger partial charge in [-0.3, -0.25) is 0 Å². The molecule has 20 heavy (non-hydrogen) atoms. The van der Waals surface area contributed by atoms with E-state index in [9.17, 15) is 8.42 Å². The fourth-order valence-corrected chi connectivity index (χ4v) is 5.23. The molecule has 6 heteroatoms. The largest absolute Gasteiger partial charge is 0.312 e. The fraction of sp³-hybridized carbons (Fsp3) is 0.714. The predicted molar refractivity (Wildman–Crippen MR) is 83.6 cm³/mol. The van der Waals surface area contributed by atoms with Gasteiger partial charge in [-0.05, 0) is 37.8 Å². The molecule has 1 aliphatic carbocycles. The van der Waals surface area contributed by atoms with Crippen molar-refractivity contribution in [2.75, 3.05) is 13.1 Å². The molecule has 2 rings (SSSR count). The molecular weight excluding hydrogens is 292 g/mol. The maximum Gasteiger partial charge on any atom is 0.241 e. The van der Waals surface area contributed by atoms with Crippen LogP contribution in [-0.4, -0.2) is 21.5 Å². The highest BCUT2D eigenvalue weighted by Crippen LogP contribution is 2.39. The Kier molecular flexibility index (Phi) is 4.89. The number of nitrogens with one attached hydrogen (secondary N) is 2. The zero-order valence-electron chi connectivity index (χ0n) is 12.5. The summed E-state index contributed by atoms with van der Waals surface area (Å²) in [7, 11) is -3.37. The van der Waals surface area contributed by atoms with E-state index in [0.717, 1.165) is 35.7 Å². The van der Waals surface area contributed by atoms with Crippen LogP contribution in [0, 0.1) is 12.3 Å². The summed E-state index contributed by atoms with van der Waals surface area (Å²) < 4.78 is 27.6. The monoisotopic (exact) mass is 316 g/mol. The number of thiophene rings is 1. The molecule has 1 aliphatic rings. The second-order valence-corrected chi connectivity index (χ2v) is 8.98. The first kappa shape index (κ1) is 15.9. The Morgan fingerprint density at radius 2 is 2.10 bits per heavy atom. The van der Waals surface area contributed by atoms with Gasteiger partial charge in [0.2, 0.25) is 10.0 Å². The van der Waals surface area contributed by atoms with Crippen LogP contribution in [0.4, 0.5) is 0 Å². The lowest BCUT2D eigenvalue weighted by molar-refractivity contribution is 0.166. The van der Waals surface area contributed by atoms with E-state index in [1.54, 1.807) is 17.4 Å². The standard InChI is InChI=1S/C14H24N2O2S2/c1-4-15-9-12-8-13(11(2)19-12)20(17,18)16-10-14(3)6-5-7-14/h8,15-16H,4-7,9-10H2,1-3H3. The third-order valence-electron chi connectivity index (χ3n) is 4.01. The summed E-state index contributed by atoms with van der Waals surface area (Å²) in [5, 5.41) is 3.23. The van der Waals surface area contributed by atoms with Crippen molar-refractivity contribution >= 4 is 21.4 Å².